The van der Waals surface area contributed by atoms with E-state index in [0.717, 1.165) is 47.8 Å². The summed E-state index contributed by atoms with van der Waals surface area (Å²) >= 11 is 3.16. The highest BCUT2D eigenvalue weighted by atomic mass is 32.3. The first-order valence-electron chi connectivity index (χ1n) is 14.1. The van der Waals surface area contributed by atoms with Gasteiger partial charge in [0.15, 0.2) is 0 Å². The van der Waals surface area contributed by atoms with Gasteiger partial charge in [0.25, 0.3) is 0 Å². The molecule has 4 aromatic rings. The van der Waals surface area contributed by atoms with Crippen LogP contribution in [0.1, 0.15) is 33.1 Å². The maximum absolute atomic E-state index is 8.52. The summed E-state index contributed by atoms with van der Waals surface area (Å²) in [5, 5.41) is 23.3. The van der Waals surface area contributed by atoms with Crippen molar-refractivity contribution in [3.63, 3.8) is 0 Å². The van der Waals surface area contributed by atoms with Gasteiger partial charge in [0.05, 0.1) is 24.3 Å². The molecule has 0 saturated heterocycles. The molecule has 4 rings (SSSR count). The van der Waals surface area contributed by atoms with E-state index < -0.39 is 10.4 Å². The van der Waals surface area contributed by atoms with E-state index in [2.05, 4.69) is 68.4 Å². The molecule has 236 valence electrons. The number of rotatable bonds is 14. The highest BCUT2D eigenvalue weighted by Gasteiger charge is 2.10. The molecule has 0 spiro atoms. The Kier molecular flexibility index (Phi) is 14.0. The van der Waals surface area contributed by atoms with E-state index in [-0.39, 0.29) is 0 Å². The van der Waals surface area contributed by atoms with Crippen LogP contribution in [0.5, 0.6) is 0 Å². The lowest BCUT2D eigenvalue weighted by molar-refractivity contribution is -0.654. The van der Waals surface area contributed by atoms with Gasteiger partial charge < -0.3 is 18.9 Å². The minimum absolute atomic E-state index is 0.871. The smallest absolute Gasteiger partial charge is 0.408 e. The largest absolute Gasteiger partial charge is 0.759 e. The number of azo groups is 2. The van der Waals surface area contributed by atoms with Crippen molar-refractivity contribution in [2.45, 2.75) is 33.1 Å². The Labute approximate surface area is 267 Å². The molecule has 12 nitrogen and oxygen atoms in total. The molecular formula is C29H38N8O4S3. The third-order valence-corrected chi connectivity index (χ3v) is 8.25. The van der Waals surface area contributed by atoms with E-state index in [9.17, 15) is 0 Å². The van der Waals surface area contributed by atoms with Crippen molar-refractivity contribution < 1.29 is 26.7 Å². The van der Waals surface area contributed by atoms with Gasteiger partial charge in [-0.3, -0.25) is 8.42 Å². The molecule has 0 saturated carbocycles. The molecule has 0 atom stereocenters. The first kappa shape index (κ1) is 34.9. The van der Waals surface area contributed by atoms with Crippen LogP contribution in [0, 0.1) is 0 Å². The van der Waals surface area contributed by atoms with Gasteiger partial charge in [-0.2, -0.15) is 0 Å². The van der Waals surface area contributed by atoms with Crippen molar-refractivity contribution in [3.05, 3.63) is 71.7 Å². The number of nitrogens with zero attached hydrogens (tertiary/aromatic N) is 8. The topological polar surface area (TPSA) is 144 Å². The van der Waals surface area contributed by atoms with Crippen molar-refractivity contribution in [3.8, 4) is 0 Å². The zero-order valence-electron chi connectivity index (χ0n) is 25.3. The van der Waals surface area contributed by atoms with Crippen LogP contribution in [-0.2, 0) is 24.5 Å². The van der Waals surface area contributed by atoms with Gasteiger partial charge in [-0.1, -0.05) is 0 Å². The summed E-state index contributed by atoms with van der Waals surface area (Å²) in [7, 11) is -1.21. The van der Waals surface area contributed by atoms with Crippen molar-refractivity contribution >= 4 is 66.1 Å². The molecule has 0 fully saturated rings. The molecule has 0 radical (unpaired) electrons. The van der Waals surface area contributed by atoms with Crippen LogP contribution in [0.15, 0.2) is 92.1 Å². The average molecular weight is 659 g/mol. The van der Waals surface area contributed by atoms with Crippen LogP contribution >= 0.6 is 22.7 Å². The monoisotopic (exact) mass is 658 g/mol. The first-order valence-corrected chi connectivity index (χ1v) is 17.2. The second-order valence-electron chi connectivity index (χ2n) is 9.65. The Morgan fingerprint density at radius 2 is 1.02 bits per heavy atom. The van der Waals surface area contributed by atoms with Gasteiger partial charge in [0, 0.05) is 58.7 Å². The molecule has 0 bridgehead atoms. The lowest BCUT2D eigenvalue weighted by atomic mass is 10.2. The van der Waals surface area contributed by atoms with E-state index in [1.54, 1.807) is 22.7 Å². The van der Waals surface area contributed by atoms with Gasteiger partial charge in [-0.25, -0.2) is 9.13 Å². The van der Waals surface area contributed by atoms with Gasteiger partial charge in [-0.05, 0) is 115 Å². The van der Waals surface area contributed by atoms with E-state index in [0.29, 0.717) is 0 Å². The average Bonchev–Trinajstić information content (AvgIpc) is 3.61. The van der Waals surface area contributed by atoms with E-state index >= 15 is 0 Å². The van der Waals surface area contributed by atoms with Crippen LogP contribution < -0.4 is 18.9 Å². The van der Waals surface area contributed by atoms with Gasteiger partial charge in [-0.15, -0.1) is 0 Å². The number of hydrogen-bond donors (Lipinski definition) is 0. The molecule has 0 unspecified atom stereocenters. The van der Waals surface area contributed by atoms with Crippen LogP contribution in [0.25, 0.3) is 0 Å². The zero-order valence-corrected chi connectivity index (χ0v) is 27.8. The molecule has 0 aliphatic heterocycles. The summed E-state index contributed by atoms with van der Waals surface area (Å²) in [6, 6.07) is 16.8. The summed E-state index contributed by atoms with van der Waals surface area (Å²) in [6.07, 6.45) is 7.50. The number of hydrogen-bond acceptors (Lipinski definition) is 12. The quantitative estimate of drug-likeness (QED) is 0.0499. The summed E-state index contributed by atoms with van der Waals surface area (Å²) in [4.78, 5) is 4.86. The Morgan fingerprint density at radius 1 is 0.659 bits per heavy atom. The predicted octanol–water partition coefficient (Wildman–Crippen LogP) is 6.47. The Morgan fingerprint density at radius 3 is 1.32 bits per heavy atom. The van der Waals surface area contributed by atoms with Crippen LogP contribution in [0.2, 0.25) is 0 Å². The normalized spacial score (nSPS) is 11.6. The minimum Gasteiger partial charge on any atom is -0.759 e. The summed E-state index contributed by atoms with van der Waals surface area (Å²) in [5.41, 5.74) is 4.21. The molecule has 15 heteroatoms. The Hall–Kier alpha value is -3.63. The fourth-order valence-electron chi connectivity index (χ4n) is 4.23. The maximum Gasteiger partial charge on any atom is 0.408 e. The minimum atomic E-state index is -5.17. The number of thiazole rings is 2. The van der Waals surface area contributed by atoms with Crippen LogP contribution in [0.4, 0.5) is 33.0 Å². The van der Waals surface area contributed by atoms with Crippen molar-refractivity contribution in [1.29, 1.82) is 0 Å². The van der Waals surface area contributed by atoms with E-state index in [1.807, 2.05) is 70.6 Å². The lowest BCUT2D eigenvalue weighted by Crippen LogP contribution is -2.25. The third-order valence-electron chi connectivity index (χ3n) is 6.57. The zero-order chi connectivity index (χ0) is 32.0. The van der Waals surface area contributed by atoms with E-state index in [1.165, 1.54) is 30.6 Å². The molecular weight excluding hydrogens is 621 g/mol. The van der Waals surface area contributed by atoms with Crippen molar-refractivity contribution in [2.75, 3.05) is 36.0 Å². The number of anilines is 2. The molecule has 0 aliphatic rings. The molecule has 2 aromatic carbocycles. The molecule has 44 heavy (non-hydrogen) atoms. The highest BCUT2D eigenvalue weighted by molar-refractivity contribution is 7.79. The van der Waals surface area contributed by atoms with Gasteiger partial charge >= 0.3 is 10.3 Å². The predicted molar refractivity (Wildman–Crippen MR) is 172 cm³/mol. The fourth-order valence-corrected chi connectivity index (χ4v) is 5.59. The highest BCUT2D eigenvalue weighted by Crippen LogP contribution is 2.24. The van der Waals surface area contributed by atoms with E-state index in [4.69, 9.17) is 17.5 Å². The third kappa shape index (κ3) is 12.2. The standard InChI is InChI=1S/C29H38N8S2.H2O4S/c1-5-36(26-14-10-24(11-15-26)30-32-28-34(3)20-22-38-28)18-8-7-9-19-37(6-2)27-16-12-25(13-17-27)31-33-29-35(4)21-23-39-29;1-5(2,3)4/h10-17,20-23H,5-9,18-19H2,1-4H3;(H2,1,2,3,4)/q+2;/p-2. The number of unbranched alkanes of at least 4 members (excludes halogenated alkanes) is 2. The molecule has 2 aromatic heterocycles. The fraction of sp³-hybridized carbons (Fsp3) is 0.379. The molecule has 0 amide bonds. The summed E-state index contributed by atoms with van der Waals surface area (Å²) in [5.74, 6) is 0. The first-order chi connectivity index (χ1) is 21.1. The molecule has 2 heterocycles. The Bertz CT molecular complexity index is 1480. The van der Waals surface area contributed by atoms with Crippen LogP contribution in [-0.4, -0.2) is 43.7 Å². The lowest BCUT2D eigenvalue weighted by Gasteiger charge is -2.25. The Balaban J connectivity index is 0.000000978. The van der Waals surface area contributed by atoms with Gasteiger partial charge in [0.2, 0.25) is 0 Å². The number of aryl methyl sites for hydroxylation is 2. The second kappa shape index (κ2) is 17.6. The molecule has 0 N–H and O–H groups in total. The summed E-state index contributed by atoms with van der Waals surface area (Å²) in [6.45, 7) is 8.51. The summed E-state index contributed by atoms with van der Waals surface area (Å²) < 4.78 is 38.0. The SMILES string of the molecule is CCN(CCCCCN(CC)c1ccc(N=Nc2scc[n+]2C)cc1)c1ccc(N=Nc2scc[n+]2C)cc1.O=S(=O)([O-])[O-]. The van der Waals surface area contributed by atoms with Crippen molar-refractivity contribution in [2.24, 2.45) is 34.6 Å². The number of benzene rings is 2. The second-order valence-corrected chi connectivity index (χ2v) is 12.2. The van der Waals surface area contributed by atoms with Crippen LogP contribution in [0.3, 0.4) is 0 Å². The van der Waals surface area contributed by atoms with Gasteiger partial charge in [0.1, 0.15) is 23.8 Å². The van der Waals surface area contributed by atoms with Crippen molar-refractivity contribution in [1.82, 2.24) is 0 Å². The number of aromatic nitrogens is 2. The molecule has 0 aliphatic carbocycles. The maximum atomic E-state index is 8.52.